The molecule has 3 rings (SSSR count). The molecule has 1 heterocycles. The molecule has 0 radical (unpaired) electrons. The molecule has 0 aliphatic heterocycles. The highest BCUT2D eigenvalue weighted by Crippen LogP contribution is 2.23. The summed E-state index contributed by atoms with van der Waals surface area (Å²) in [5, 5.41) is 2.81. The lowest BCUT2D eigenvalue weighted by Crippen LogP contribution is -2.15. The van der Waals surface area contributed by atoms with Crippen molar-refractivity contribution in [3.05, 3.63) is 53.3 Å². The van der Waals surface area contributed by atoms with Gasteiger partial charge in [-0.2, -0.15) is 0 Å². The number of hydrogen-bond donors (Lipinski definition) is 1. The Balaban J connectivity index is 1.63. The highest BCUT2D eigenvalue weighted by atomic mass is 32.1. The van der Waals surface area contributed by atoms with Gasteiger partial charge in [-0.1, -0.05) is 31.9 Å². The van der Waals surface area contributed by atoms with Crippen LogP contribution >= 0.6 is 11.3 Å². The molecule has 136 valence electrons. The van der Waals surface area contributed by atoms with E-state index >= 15 is 0 Å². The molecule has 0 saturated carbocycles. The predicted octanol–water partition coefficient (Wildman–Crippen LogP) is 5.19. The van der Waals surface area contributed by atoms with Crippen molar-refractivity contribution in [3.63, 3.8) is 0 Å². The molecular weight excluding hydrogens is 351 g/mol. The number of carbonyl (C=O) groups is 1. The van der Waals surface area contributed by atoms with Crippen molar-refractivity contribution >= 4 is 33.1 Å². The van der Waals surface area contributed by atoms with Gasteiger partial charge in [0.1, 0.15) is 0 Å². The second kappa shape index (κ2) is 8.76. The number of benzene rings is 2. The Morgan fingerprint density at radius 1 is 1.27 bits per heavy atom. The predicted molar refractivity (Wildman–Crippen MR) is 103 cm³/mol. The maximum atomic E-state index is 14.5. The van der Waals surface area contributed by atoms with Gasteiger partial charge in [0.05, 0.1) is 28.8 Å². The normalized spacial score (nSPS) is 10.8. The molecule has 1 aromatic heterocycles. The molecule has 0 fully saturated rings. The summed E-state index contributed by atoms with van der Waals surface area (Å²) < 4.78 is 21.0. The summed E-state index contributed by atoms with van der Waals surface area (Å²) in [6, 6.07) is 10.4. The summed E-state index contributed by atoms with van der Waals surface area (Å²) in [6.07, 6.45) is 2.98. The van der Waals surface area contributed by atoms with Crippen molar-refractivity contribution in [2.75, 3.05) is 11.9 Å². The minimum atomic E-state index is -0.461. The van der Waals surface area contributed by atoms with Crippen LogP contribution in [0.4, 0.5) is 10.1 Å². The topological polar surface area (TPSA) is 51.2 Å². The first-order chi connectivity index (χ1) is 12.7. The van der Waals surface area contributed by atoms with Crippen molar-refractivity contribution in [1.29, 1.82) is 0 Å². The average Bonchev–Trinajstić information content (AvgIpc) is 3.09. The average molecular weight is 372 g/mol. The number of carbonyl (C=O) groups excluding carboxylic acids is 1. The van der Waals surface area contributed by atoms with Crippen molar-refractivity contribution < 1.29 is 13.9 Å². The van der Waals surface area contributed by atoms with Crippen LogP contribution in [0.3, 0.4) is 0 Å². The second-order valence-corrected chi connectivity index (χ2v) is 6.93. The van der Waals surface area contributed by atoms with Crippen molar-refractivity contribution in [2.24, 2.45) is 0 Å². The first-order valence-electron chi connectivity index (χ1n) is 8.70. The molecule has 1 amide bonds. The van der Waals surface area contributed by atoms with E-state index in [1.807, 2.05) is 12.1 Å². The number of fused-ring (bicyclic) bond motifs is 1. The fourth-order valence-corrected chi connectivity index (χ4v) is 3.37. The van der Waals surface area contributed by atoms with Gasteiger partial charge in [-0.05, 0) is 30.7 Å². The highest BCUT2D eigenvalue weighted by molar-refractivity contribution is 7.16. The molecule has 3 aromatic rings. The van der Waals surface area contributed by atoms with Crippen LogP contribution < -0.4 is 10.1 Å². The van der Waals surface area contributed by atoms with E-state index in [2.05, 4.69) is 17.2 Å². The Kier molecular flexibility index (Phi) is 6.17. The van der Waals surface area contributed by atoms with E-state index in [-0.39, 0.29) is 18.1 Å². The molecule has 2 aromatic carbocycles. The second-order valence-electron chi connectivity index (χ2n) is 6.04. The van der Waals surface area contributed by atoms with E-state index < -0.39 is 5.82 Å². The SMILES string of the molecule is CCCCCOc1cccc(CC(=O)Nc2ccc3ncsc3c2)c1F. The number of hydrogen-bond acceptors (Lipinski definition) is 4. The van der Waals surface area contributed by atoms with Crippen LogP contribution in [0, 0.1) is 5.82 Å². The van der Waals surface area contributed by atoms with Crippen molar-refractivity contribution in [1.82, 2.24) is 4.98 Å². The lowest BCUT2D eigenvalue weighted by molar-refractivity contribution is -0.115. The van der Waals surface area contributed by atoms with Gasteiger partial charge in [0.25, 0.3) is 0 Å². The number of aromatic nitrogens is 1. The van der Waals surface area contributed by atoms with Gasteiger partial charge < -0.3 is 10.1 Å². The smallest absolute Gasteiger partial charge is 0.228 e. The minimum absolute atomic E-state index is 0.0429. The third-order valence-corrected chi connectivity index (χ3v) is 4.81. The number of nitrogens with one attached hydrogen (secondary N) is 1. The van der Waals surface area contributed by atoms with Gasteiger partial charge in [-0.3, -0.25) is 4.79 Å². The molecule has 1 N–H and O–H groups in total. The number of amides is 1. The van der Waals surface area contributed by atoms with E-state index in [4.69, 9.17) is 4.74 Å². The quantitative estimate of drug-likeness (QED) is 0.554. The summed E-state index contributed by atoms with van der Waals surface area (Å²) in [7, 11) is 0. The Bertz CT molecular complexity index is 894. The van der Waals surface area contributed by atoms with Crippen LogP contribution in [0.5, 0.6) is 5.75 Å². The molecule has 0 spiro atoms. The summed E-state index contributed by atoms with van der Waals surface area (Å²) in [5.41, 5.74) is 3.66. The van der Waals surface area contributed by atoms with Crippen LogP contribution in [-0.2, 0) is 11.2 Å². The summed E-state index contributed by atoms with van der Waals surface area (Å²) in [5.74, 6) is -0.523. The van der Waals surface area contributed by atoms with E-state index in [9.17, 15) is 9.18 Å². The molecule has 0 unspecified atom stereocenters. The Morgan fingerprint density at radius 3 is 3.00 bits per heavy atom. The molecule has 26 heavy (non-hydrogen) atoms. The zero-order chi connectivity index (χ0) is 18.4. The van der Waals surface area contributed by atoms with Crippen LogP contribution in [-0.4, -0.2) is 17.5 Å². The van der Waals surface area contributed by atoms with Crippen LogP contribution in [0.2, 0.25) is 0 Å². The van der Waals surface area contributed by atoms with Gasteiger partial charge in [0.15, 0.2) is 11.6 Å². The number of rotatable bonds is 8. The molecule has 0 atom stereocenters. The molecule has 0 aliphatic rings. The lowest BCUT2D eigenvalue weighted by atomic mass is 10.1. The molecule has 0 bridgehead atoms. The third-order valence-electron chi connectivity index (χ3n) is 4.01. The monoisotopic (exact) mass is 372 g/mol. The van der Waals surface area contributed by atoms with Gasteiger partial charge in [0, 0.05) is 11.3 Å². The van der Waals surface area contributed by atoms with E-state index in [0.29, 0.717) is 17.9 Å². The Labute approximate surface area is 156 Å². The number of thiazole rings is 1. The molecule has 4 nitrogen and oxygen atoms in total. The largest absolute Gasteiger partial charge is 0.491 e. The zero-order valence-electron chi connectivity index (χ0n) is 14.6. The maximum Gasteiger partial charge on any atom is 0.228 e. The van der Waals surface area contributed by atoms with Gasteiger partial charge in [0.2, 0.25) is 5.91 Å². The fourth-order valence-electron chi connectivity index (χ4n) is 2.65. The fraction of sp³-hybridized carbons (Fsp3) is 0.300. The van der Waals surface area contributed by atoms with Crippen molar-refractivity contribution in [3.8, 4) is 5.75 Å². The zero-order valence-corrected chi connectivity index (χ0v) is 15.4. The van der Waals surface area contributed by atoms with Gasteiger partial charge in [-0.15, -0.1) is 11.3 Å². The van der Waals surface area contributed by atoms with Crippen LogP contribution in [0.15, 0.2) is 41.9 Å². The number of anilines is 1. The van der Waals surface area contributed by atoms with Crippen LogP contribution in [0.25, 0.3) is 10.2 Å². The Hall–Kier alpha value is -2.47. The molecule has 0 saturated heterocycles. The molecule has 6 heteroatoms. The van der Waals surface area contributed by atoms with E-state index in [1.165, 1.54) is 11.3 Å². The van der Waals surface area contributed by atoms with Crippen LogP contribution in [0.1, 0.15) is 31.7 Å². The highest BCUT2D eigenvalue weighted by Gasteiger charge is 2.13. The number of unbranched alkanes of at least 4 members (excludes halogenated alkanes) is 2. The van der Waals surface area contributed by atoms with Gasteiger partial charge >= 0.3 is 0 Å². The Morgan fingerprint density at radius 2 is 2.15 bits per heavy atom. The van der Waals surface area contributed by atoms with E-state index in [0.717, 1.165) is 29.5 Å². The molecular formula is C20H21FN2O2S. The number of nitrogens with zero attached hydrogens (tertiary/aromatic N) is 1. The van der Waals surface area contributed by atoms with Crippen molar-refractivity contribution in [2.45, 2.75) is 32.6 Å². The first-order valence-corrected chi connectivity index (χ1v) is 9.58. The number of ether oxygens (including phenoxy) is 1. The van der Waals surface area contributed by atoms with Gasteiger partial charge in [-0.25, -0.2) is 9.37 Å². The lowest BCUT2D eigenvalue weighted by Gasteiger charge is -2.10. The number of halogens is 1. The maximum absolute atomic E-state index is 14.5. The summed E-state index contributed by atoms with van der Waals surface area (Å²) >= 11 is 1.51. The first kappa shape index (κ1) is 18.3. The minimum Gasteiger partial charge on any atom is -0.491 e. The third kappa shape index (κ3) is 4.58. The summed E-state index contributed by atoms with van der Waals surface area (Å²) in [6.45, 7) is 2.59. The summed E-state index contributed by atoms with van der Waals surface area (Å²) in [4.78, 5) is 16.5. The standard InChI is InChI=1S/C20H21FN2O2S/c1-2-3-4-10-25-17-7-5-6-14(20(17)21)11-19(24)23-15-8-9-16-18(12-15)26-13-22-16/h5-9,12-13H,2-4,10-11H2,1H3,(H,23,24). The molecule has 0 aliphatic carbocycles. The van der Waals surface area contributed by atoms with E-state index in [1.54, 1.807) is 29.8 Å².